The first kappa shape index (κ1) is 41.8. The lowest BCUT2D eigenvalue weighted by Gasteiger charge is -2.30. The number of unbranched alkanes of at least 4 members (excludes halogenated alkanes) is 2. The van der Waals surface area contributed by atoms with Crippen LogP contribution in [-0.4, -0.2) is 74.6 Å². The van der Waals surface area contributed by atoms with Gasteiger partial charge in [-0.05, 0) is 69.3 Å². The van der Waals surface area contributed by atoms with Crippen molar-refractivity contribution in [2.45, 2.75) is 154 Å². The Bertz CT molecular complexity index is 1260. The number of amides is 1. The number of methoxy groups -OCH3 is 1. The highest BCUT2D eigenvalue weighted by atomic mass is 16.7. The molecule has 2 saturated heterocycles. The van der Waals surface area contributed by atoms with Crippen LogP contribution >= 0.6 is 0 Å². The average Bonchev–Trinajstić information content (AvgIpc) is 3.44. The molecule has 52 heavy (non-hydrogen) atoms. The van der Waals surface area contributed by atoms with Crippen molar-refractivity contribution in [1.29, 1.82) is 0 Å². The second kappa shape index (κ2) is 23.0. The molecule has 1 aromatic carbocycles. The smallest absolute Gasteiger partial charge is 0.328 e. The van der Waals surface area contributed by atoms with Crippen LogP contribution in [0.4, 0.5) is 0 Å². The van der Waals surface area contributed by atoms with E-state index in [1.807, 2.05) is 30.3 Å². The summed E-state index contributed by atoms with van der Waals surface area (Å²) in [6, 6.07) is 8.67. The summed E-state index contributed by atoms with van der Waals surface area (Å²) in [6.45, 7) is 5.82. The van der Waals surface area contributed by atoms with Gasteiger partial charge in [-0.1, -0.05) is 75.6 Å². The van der Waals surface area contributed by atoms with Crippen molar-refractivity contribution in [2.75, 3.05) is 20.3 Å². The third kappa shape index (κ3) is 14.5. The average molecular weight is 726 g/mol. The van der Waals surface area contributed by atoms with Crippen molar-refractivity contribution >= 4 is 23.4 Å². The van der Waals surface area contributed by atoms with E-state index < -0.39 is 17.9 Å². The fraction of sp³-hybridized carbons (Fsp3) is 0.714. The van der Waals surface area contributed by atoms with E-state index in [0.717, 1.165) is 63.4 Å². The quantitative estimate of drug-likeness (QED) is 0.0750. The van der Waals surface area contributed by atoms with Crippen LogP contribution < -0.4 is 5.32 Å². The standard InChI is InChI=1S/C42H63NO9/c1-4-5-15-30(2)26-33(51-40-20-11-13-24-49-40)22-23-34-35(37(45)29-38(34)52-41-21-12-14-25-50-41)28-32(44)18-9-10-19-39(46)43-36(42(47)48-3)27-31-16-7-6-8-17-31/h6-8,16-17,22-23,30,33-36,38,40-41H,4-5,9-15,18-21,24-29H2,1-3H3,(H,43,46)/t30-,33-,34+,35+,36-,38+,40?,41?/m0/s1. The number of ketones is 2. The number of esters is 1. The number of hydrogen-bond donors (Lipinski definition) is 1. The molecule has 2 aliphatic heterocycles. The fourth-order valence-corrected chi connectivity index (χ4v) is 7.54. The molecule has 0 spiro atoms. The van der Waals surface area contributed by atoms with Gasteiger partial charge in [0.15, 0.2) is 12.6 Å². The Morgan fingerprint density at radius 1 is 0.962 bits per heavy atom. The number of nitrogens with one attached hydrogen (secondary N) is 1. The van der Waals surface area contributed by atoms with Crippen LogP contribution in [0.1, 0.15) is 122 Å². The predicted octanol–water partition coefficient (Wildman–Crippen LogP) is 7.21. The van der Waals surface area contributed by atoms with E-state index in [9.17, 15) is 19.2 Å². The van der Waals surface area contributed by atoms with E-state index in [2.05, 4.69) is 31.3 Å². The fourth-order valence-electron chi connectivity index (χ4n) is 7.54. The van der Waals surface area contributed by atoms with Gasteiger partial charge in [-0.15, -0.1) is 0 Å². The Balaban J connectivity index is 1.35. The summed E-state index contributed by atoms with van der Waals surface area (Å²) in [5.74, 6) is -0.999. The second-order valence-corrected chi connectivity index (χ2v) is 14.9. The van der Waals surface area contributed by atoms with Crippen molar-refractivity contribution in [2.24, 2.45) is 17.8 Å². The Labute approximate surface area is 311 Å². The van der Waals surface area contributed by atoms with Crippen LogP contribution in [0.5, 0.6) is 0 Å². The lowest BCUT2D eigenvalue weighted by Crippen LogP contribution is -2.43. The first-order valence-corrected chi connectivity index (χ1v) is 19.9. The molecule has 290 valence electrons. The Morgan fingerprint density at radius 2 is 1.67 bits per heavy atom. The van der Waals surface area contributed by atoms with Gasteiger partial charge >= 0.3 is 5.97 Å². The van der Waals surface area contributed by atoms with Crippen LogP contribution in [0.15, 0.2) is 42.5 Å². The lowest BCUT2D eigenvalue weighted by atomic mass is 9.87. The minimum absolute atomic E-state index is 0.000155. The highest BCUT2D eigenvalue weighted by Gasteiger charge is 2.44. The highest BCUT2D eigenvalue weighted by molar-refractivity contribution is 5.90. The first-order chi connectivity index (χ1) is 25.2. The topological polar surface area (TPSA) is 126 Å². The zero-order valence-corrected chi connectivity index (χ0v) is 31.8. The van der Waals surface area contributed by atoms with Crippen LogP contribution in [0, 0.1) is 17.8 Å². The van der Waals surface area contributed by atoms with Crippen LogP contribution in [0.2, 0.25) is 0 Å². The Hall–Kier alpha value is -2.92. The third-order valence-electron chi connectivity index (χ3n) is 10.5. The molecule has 4 rings (SSSR count). The molecule has 0 bridgehead atoms. The van der Waals surface area contributed by atoms with E-state index in [0.29, 0.717) is 38.4 Å². The van der Waals surface area contributed by atoms with Gasteiger partial charge in [0.2, 0.25) is 5.91 Å². The SMILES string of the molecule is CCCC[C@H](C)C[C@H](C=C[C@H]1[C@H](OC2CCCCO2)CC(=O)[C@@H]1CC(=O)CCCCC(=O)N[C@@H](Cc1ccccc1)C(=O)OC)OC1CCCCO1. The molecular weight excluding hydrogens is 662 g/mol. The summed E-state index contributed by atoms with van der Waals surface area (Å²) in [5, 5.41) is 2.79. The lowest BCUT2D eigenvalue weighted by molar-refractivity contribution is -0.192. The largest absolute Gasteiger partial charge is 0.467 e. The summed E-state index contributed by atoms with van der Waals surface area (Å²) in [4.78, 5) is 51.9. The number of rotatable bonds is 22. The highest BCUT2D eigenvalue weighted by Crippen LogP contribution is 2.37. The van der Waals surface area contributed by atoms with Crippen molar-refractivity contribution in [3.8, 4) is 0 Å². The van der Waals surface area contributed by atoms with E-state index in [4.69, 9.17) is 23.7 Å². The number of hydrogen-bond acceptors (Lipinski definition) is 9. The minimum atomic E-state index is -0.784. The first-order valence-electron chi connectivity index (χ1n) is 19.9. The van der Waals surface area contributed by atoms with Gasteiger partial charge in [0.1, 0.15) is 17.6 Å². The molecular formula is C42H63NO9. The van der Waals surface area contributed by atoms with Gasteiger partial charge in [0.05, 0.1) is 19.3 Å². The predicted molar refractivity (Wildman–Crippen MR) is 198 cm³/mol. The minimum Gasteiger partial charge on any atom is -0.467 e. The molecule has 0 radical (unpaired) electrons. The normalized spacial score (nSPS) is 25.4. The van der Waals surface area contributed by atoms with Gasteiger partial charge in [-0.2, -0.15) is 0 Å². The van der Waals surface area contributed by atoms with Gasteiger partial charge in [-0.3, -0.25) is 14.4 Å². The van der Waals surface area contributed by atoms with E-state index in [1.54, 1.807) is 0 Å². The molecule has 3 fully saturated rings. The summed E-state index contributed by atoms with van der Waals surface area (Å²) >= 11 is 0. The van der Waals surface area contributed by atoms with Crippen molar-refractivity contribution in [1.82, 2.24) is 5.32 Å². The third-order valence-corrected chi connectivity index (χ3v) is 10.5. The monoisotopic (exact) mass is 725 g/mol. The molecule has 3 aliphatic rings. The maximum Gasteiger partial charge on any atom is 0.328 e. The Morgan fingerprint density at radius 3 is 2.35 bits per heavy atom. The van der Waals surface area contributed by atoms with Crippen molar-refractivity contribution < 1.29 is 42.9 Å². The molecule has 1 N–H and O–H groups in total. The zero-order valence-electron chi connectivity index (χ0n) is 31.8. The van der Waals surface area contributed by atoms with Gasteiger partial charge < -0.3 is 29.0 Å². The molecule has 1 aromatic rings. The molecule has 2 unspecified atom stereocenters. The summed E-state index contributed by atoms with van der Waals surface area (Å²) in [7, 11) is 1.30. The molecule has 8 atom stereocenters. The van der Waals surface area contributed by atoms with Crippen molar-refractivity contribution in [3.63, 3.8) is 0 Å². The Kier molecular flexibility index (Phi) is 18.5. The molecule has 0 aromatic heterocycles. The van der Waals surface area contributed by atoms with E-state index >= 15 is 0 Å². The van der Waals surface area contributed by atoms with E-state index in [-0.39, 0.29) is 73.9 Å². The second-order valence-electron chi connectivity index (χ2n) is 14.9. The number of carbonyl (C=O) groups excluding carboxylic acids is 4. The van der Waals surface area contributed by atoms with Crippen LogP contribution in [0.3, 0.4) is 0 Å². The number of carbonyl (C=O) groups is 4. The maximum absolute atomic E-state index is 13.5. The van der Waals surface area contributed by atoms with Gasteiger partial charge in [0, 0.05) is 57.2 Å². The summed E-state index contributed by atoms with van der Waals surface area (Å²) < 4.78 is 29.7. The molecule has 1 amide bonds. The summed E-state index contributed by atoms with van der Waals surface area (Å²) in [5.41, 5.74) is 0.917. The molecule has 1 saturated carbocycles. The molecule has 10 heteroatoms. The molecule has 2 heterocycles. The zero-order chi connectivity index (χ0) is 37.1. The number of ether oxygens (including phenoxy) is 5. The molecule has 10 nitrogen and oxygen atoms in total. The van der Waals surface area contributed by atoms with Crippen molar-refractivity contribution in [3.05, 3.63) is 48.0 Å². The van der Waals surface area contributed by atoms with Crippen LogP contribution in [-0.2, 0) is 49.3 Å². The maximum atomic E-state index is 13.5. The van der Waals surface area contributed by atoms with Crippen LogP contribution in [0.25, 0.3) is 0 Å². The number of Topliss-reactive ketones (excluding diaryl/α,β-unsaturated/α-hetero) is 2. The molecule has 1 aliphatic carbocycles. The van der Waals surface area contributed by atoms with Gasteiger partial charge in [0.25, 0.3) is 0 Å². The van der Waals surface area contributed by atoms with Gasteiger partial charge in [-0.25, -0.2) is 4.79 Å². The summed E-state index contributed by atoms with van der Waals surface area (Å²) in [6.07, 6.45) is 15.4. The number of benzene rings is 1. The van der Waals surface area contributed by atoms with E-state index in [1.165, 1.54) is 13.5 Å².